The first-order valence-electron chi connectivity index (χ1n) is 6.27. The van der Waals surface area contributed by atoms with Gasteiger partial charge in [-0.25, -0.2) is 8.42 Å². The molecule has 2 rings (SSSR count). The summed E-state index contributed by atoms with van der Waals surface area (Å²) in [5.41, 5.74) is 1.54. The van der Waals surface area contributed by atoms with Crippen LogP contribution in [0.1, 0.15) is 12.5 Å². The molecule has 1 heterocycles. The summed E-state index contributed by atoms with van der Waals surface area (Å²) in [6.07, 6.45) is 2.91. The van der Waals surface area contributed by atoms with Crippen LogP contribution >= 0.6 is 0 Å². The van der Waals surface area contributed by atoms with E-state index in [1.54, 1.807) is 13.1 Å². The summed E-state index contributed by atoms with van der Waals surface area (Å²) >= 11 is 0. The molecule has 20 heavy (non-hydrogen) atoms. The highest BCUT2D eigenvalue weighted by Crippen LogP contribution is 2.15. The topological polar surface area (TPSA) is 56.3 Å². The molecule has 0 N–H and O–H groups in total. The molecule has 0 aliphatic rings. The predicted molar refractivity (Wildman–Crippen MR) is 80.0 cm³/mol. The van der Waals surface area contributed by atoms with Crippen molar-refractivity contribution in [2.45, 2.75) is 18.8 Å². The van der Waals surface area contributed by atoms with Crippen molar-refractivity contribution in [3.05, 3.63) is 53.6 Å². The number of hydrogen-bond donors (Lipinski definition) is 0. The second kappa shape index (κ2) is 6.15. The van der Waals surface area contributed by atoms with E-state index in [0.29, 0.717) is 5.56 Å². The number of nitrogens with zero attached hydrogens (tertiary/aromatic N) is 1. The predicted octanol–water partition coefficient (Wildman–Crippen LogP) is 2.70. The van der Waals surface area contributed by atoms with E-state index < -0.39 is 9.84 Å². The molecular formula is C15H17NO3S. The van der Waals surface area contributed by atoms with Gasteiger partial charge in [0.2, 0.25) is 0 Å². The summed E-state index contributed by atoms with van der Waals surface area (Å²) in [7, 11) is -1.77. The van der Waals surface area contributed by atoms with Gasteiger partial charge in [-0.15, -0.1) is 0 Å². The van der Waals surface area contributed by atoms with E-state index in [1.165, 1.54) is 18.6 Å². The Bertz CT molecular complexity index is 723. The van der Waals surface area contributed by atoms with Crippen LogP contribution in [0.15, 0.2) is 48.0 Å². The van der Waals surface area contributed by atoms with Crippen molar-refractivity contribution in [3.8, 4) is 0 Å². The number of methoxy groups -OCH3 is 1. The minimum atomic E-state index is -3.31. The molecule has 2 aromatic rings. The van der Waals surface area contributed by atoms with Crippen molar-refractivity contribution in [1.29, 1.82) is 0 Å². The van der Waals surface area contributed by atoms with E-state index >= 15 is 0 Å². The molecule has 106 valence electrons. The smallest absolute Gasteiger partial charge is 0.175 e. The molecule has 1 atom stereocenters. The molecular weight excluding hydrogens is 274 g/mol. The fraction of sp³-hybridized carbons (Fsp3) is 0.267. The number of fused-ring (bicyclic) bond motifs is 1. The van der Waals surface area contributed by atoms with Gasteiger partial charge in [0.05, 0.1) is 17.4 Å². The third-order valence-electron chi connectivity index (χ3n) is 2.94. The highest BCUT2D eigenvalue weighted by atomic mass is 32.2. The molecule has 0 spiro atoms. The molecule has 1 unspecified atom stereocenters. The van der Waals surface area contributed by atoms with Crippen molar-refractivity contribution >= 4 is 20.7 Å². The van der Waals surface area contributed by atoms with Crippen LogP contribution in [-0.4, -0.2) is 26.6 Å². The average molecular weight is 291 g/mol. The Kier molecular flexibility index (Phi) is 4.52. The Morgan fingerprint density at radius 1 is 1.35 bits per heavy atom. The van der Waals surface area contributed by atoms with Gasteiger partial charge in [-0.05, 0) is 30.7 Å². The minimum absolute atomic E-state index is 0.0578. The zero-order valence-electron chi connectivity index (χ0n) is 11.5. The molecule has 0 radical (unpaired) electrons. The maximum Gasteiger partial charge on any atom is 0.175 e. The number of para-hydroxylation sites is 1. The first kappa shape index (κ1) is 14.7. The van der Waals surface area contributed by atoms with Gasteiger partial charge < -0.3 is 4.74 Å². The number of rotatable bonds is 5. The van der Waals surface area contributed by atoms with Crippen molar-refractivity contribution < 1.29 is 13.2 Å². The van der Waals surface area contributed by atoms with Crippen molar-refractivity contribution in [3.63, 3.8) is 0 Å². The second-order valence-electron chi connectivity index (χ2n) is 4.61. The van der Waals surface area contributed by atoms with E-state index in [4.69, 9.17) is 4.74 Å². The van der Waals surface area contributed by atoms with Crippen LogP contribution in [0.4, 0.5) is 0 Å². The van der Waals surface area contributed by atoms with Gasteiger partial charge >= 0.3 is 0 Å². The third kappa shape index (κ3) is 3.88. The number of aromatic nitrogens is 1. The van der Waals surface area contributed by atoms with Crippen LogP contribution in [0.25, 0.3) is 10.9 Å². The summed E-state index contributed by atoms with van der Waals surface area (Å²) in [5, 5.41) is 2.14. The summed E-state index contributed by atoms with van der Waals surface area (Å²) < 4.78 is 29.0. The first-order valence-corrected chi connectivity index (χ1v) is 7.99. The van der Waals surface area contributed by atoms with E-state index in [0.717, 1.165) is 10.9 Å². The molecule has 0 saturated carbocycles. The van der Waals surface area contributed by atoms with Gasteiger partial charge in [0, 0.05) is 24.1 Å². The van der Waals surface area contributed by atoms with Crippen LogP contribution in [0.3, 0.4) is 0 Å². The Labute approximate surface area is 119 Å². The van der Waals surface area contributed by atoms with E-state index in [-0.39, 0.29) is 11.9 Å². The lowest BCUT2D eigenvalue weighted by molar-refractivity contribution is 0.156. The lowest BCUT2D eigenvalue weighted by Crippen LogP contribution is -2.04. The Balaban J connectivity index is 2.21. The molecule has 1 aromatic carbocycles. The van der Waals surface area contributed by atoms with E-state index in [9.17, 15) is 8.42 Å². The molecule has 0 aliphatic carbocycles. The first-order chi connectivity index (χ1) is 9.50. The number of benzene rings is 1. The Morgan fingerprint density at radius 3 is 2.85 bits per heavy atom. The Morgan fingerprint density at radius 2 is 2.10 bits per heavy atom. The van der Waals surface area contributed by atoms with Crippen LogP contribution in [-0.2, 0) is 20.3 Å². The average Bonchev–Trinajstić information content (AvgIpc) is 2.44. The second-order valence-corrected chi connectivity index (χ2v) is 6.50. The minimum Gasteiger partial charge on any atom is -0.378 e. The fourth-order valence-electron chi connectivity index (χ4n) is 1.78. The van der Waals surface area contributed by atoms with Gasteiger partial charge in [-0.1, -0.05) is 18.2 Å². The third-order valence-corrected chi connectivity index (χ3v) is 4.25. The number of hydrogen-bond acceptors (Lipinski definition) is 4. The standard InChI is InChI=1S/C15H17NO3S/c1-12(19-2)7-8-20(17,18)11-13-9-14-5-3-4-6-15(14)16-10-13/h3-10,12H,11H2,1-2H3. The van der Waals surface area contributed by atoms with Gasteiger partial charge in [-0.2, -0.15) is 0 Å². The van der Waals surface area contributed by atoms with Crippen molar-refractivity contribution in [1.82, 2.24) is 4.98 Å². The molecule has 0 aliphatic heterocycles. The number of sulfone groups is 1. The summed E-state index contributed by atoms with van der Waals surface area (Å²) in [5.74, 6) is -0.0578. The zero-order valence-corrected chi connectivity index (χ0v) is 12.3. The number of ether oxygens (including phenoxy) is 1. The largest absolute Gasteiger partial charge is 0.378 e. The highest BCUT2D eigenvalue weighted by molar-refractivity contribution is 7.93. The van der Waals surface area contributed by atoms with E-state index in [2.05, 4.69) is 4.98 Å². The molecule has 5 heteroatoms. The maximum absolute atomic E-state index is 12.0. The van der Waals surface area contributed by atoms with Gasteiger partial charge in [-0.3, -0.25) is 4.98 Å². The summed E-state index contributed by atoms with van der Waals surface area (Å²) in [6, 6.07) is 9.48. The van der Waals surface area contributed by atoms with Crippen LogP contribution in [0, 0.1) is 0 Å². The van der Waals surface area contributed by atoms with Crippen LogP contribution in [0.5, 0.6) is 0 Å². The summed E-state index contributed by atoms with van der Waals surface area (Å²) in [4.78, 5) is 4.26. The fourth-order valence-corrected chi connectivity index (χ4v) is 2.96. The molecule has 1 aromatic heterocycles. The molecule has 0 bridgehead atoms. The van der Waals surface area contributed by atoms with Gasteiger partial charge in [0.25, 0.3) is 0 Å². The Hall–Kier alpha value is -1.72. The maximum atomic E-state index is 12.0. The van der Waals surface area contributed by atoms with E-state index in [1.807, 2.05) is 30.3 Å². The monoisotopic (exact) mass is 291 g/mol. The lowest BCUT2D eigenvalue weighted by atomic mass is 10.2. The number of pyridine rings is 1. The van der Waals surface area contributed by atoms with Gasteiger partial charge in [0.15, 0.2) is 9.84 Å². The van der Waals surface area contributed by atoms with Crippen molar-refractivity contribution in [2.75, 3.05) is 7.11 Å². The normalized spacial score (nSPS) is 13.9. The molecule has 0 fully saturated rings. The molecule has 0 amide bonds. The van der Waals surface area contributed by atoms with Gasteiger partial charge in [0.1, 0.15) is 0 Å². The highest BCUT2D eigenvalue weighted by Gasteiger charge is 2.09. The van der Waals surface area contributed by atoms with Crippen LogP contribution < -0.4 is 0 Å². The molecule has 0 saturated heterocycles. The molecule has 4 nitrogen and oxygen atoms in total. The van der Waals surface area contributed by atoms with Crippen molar-refractivity contribution in [2.24, 2.45) is 0 Å². The quantitative estimate of drug-likeness (QED) is 0.850. The summed E-state index contributed by atoms with van der Waals surface area (Å²) in [6.45, 7) is 1.78. The SMILES string of the molecule is COC(C)C=CS(=O)(=O)Cc1cnc2ccccc2c1. The zero-order chi connectivity index (χ0) is 14.6. The van der Waals surface area contributed by atoms with Crippen LogP contribution in [0.2, 0.25) is 0 Å². The lowest BCUT2D eigenvalue weighted by Gasteiger charge is -2.04.